The molecule has 0 spiro atoms. The molecular weight excluding hydrogens is 200 g/mol. The van der Waals surface area contributed by atoms with Gasteiger partial charge in [-0.3, -0.25) is 0 Å². The lowest BCUT2D eigenvalue weighted by atomic mass is 10.1. The number of hydrogen-bond acceptors (Lipinski definition) is 1. The molecule has 0 aromatic rings. The van der Waals surface area contributed by atoms with Crippen LogP contribution in [-0.2, 0) is 0 Å². The van der Waals surface area contributed by atoms with Crippen LogP contribution < -0.4 is 0 Å². The Bertz CT molecular complexity index is 231. The Kier molecular flexibility index (Phi) is 4.19. The molecule has 0 bridgehead atoms. The van der Waals surface area contributed by atoms with Crippen molar-refractivity contribution in [2.75, 3.05) is 5.75 Å². The molecule has 0 saturated heterocycles. The molecule has 2 rings (SSSR count). The normalized spacial score (nSPS) is 37.5. The first-order valence-corrected chi connectivity index (χ1v) is 7.63. The van der Waals surface area contributed by atoms with Crippen LogP contribution in [0, 0.1) is 11.8 Å². The number of hydrogen-bond donors (Lipinski definition) is 0. The Morgan fingerprint density at radius 3 is 3.00 bits per heavy atom. The van der Waals surface area contributed by atoms with Crippen LogP contribution in [0.4, 0.5) is 0 Å². The molecule has 1 heteroatoms. The minimum atomic E-state index is 0.947. The molecule has 0 aromatic heterocycles. The van der Waals surface area contributed by atoms with Crippen LogP contribution in [0.3, 0.4) is 0 Å². The van der Waals surface area contributed by atoms with Gasteiger partial charge >= 0.3 is 0 Å². The second-order valence-corrected chi connectivity index (χ2v) is 6.57. The molecule has 0 nitrogen and oxygen atoms in total. The summed E-state index contributed by atoms with van der Waals surface area (Å²) in [7, 11) is 0. The average molecular weight is 224 g/mol. The monoisotopic (exact) mass is 224 g/mol. The summed E-state index contributed by atoms with van der Waals surface area (Å²) < 4.78 is 0. The SMILES string of the molecule is CCC1CC1C1CC=C(C)CCCCS1. The maximum absolute atomic E-state index is 2.52. The lowest BCUT2D eigenvalue weighted by molar-refractivity contribution is 0.650. The van der Waals surface area contributed by atoms with Gasteiger partial charge in [0.15, 0.2) is 0 Å². The summed E-state index contributed by atoms with van der Waals surface area (Å²) >= 11 is 2.26. The van der Waals surface area contributed by atoms with Crippen molar-refractivity contribution in [3.05, 3.63) is 11.6 Å². The van der Waals surface area contributed by atoms with E-state index in [4.69, 9.17) is 0 Å². The van der Waals surface area contributed by atoms with Crippen LogP contribution in [0.1, 0.15) is 52.4 Å². The molecule has 1 fully saturated rings. The molecule has 3 unspecified atom stereocenters. The van der Waals surface area contributed by atoms with E-state index < -0.39 is 0 Å². The molecule has 1 saturated carbocycles. The fraction of sp³-hybridized carbons (Fsp3) is 0.857. The first kappa shape index (κ1) is 11.6. The standard InChI is InChI=1S/C14H24S/c1-3-12-10-13(12)14-8-7-11(2)6-4-5-9-15-14/h7,12-14H,3-6,8-10H2,1-2H3. The number of allylic oxidation sites excluding steroid dienone is 2. The van der Waals surface area contributed by atoms with Gasteiger partial charge in [-0.25, -0.2) is 0 Å². The van der Waals surface area contributed by atoms with E-state index >= 15 is 0 Å². The maximum atomic E-state index is 2.52. The third-order valence-electron chi connectivity index (χ3n) is 3.98. The predicted octanol–water partition coefficient (Wildman–Crippen LogP) is 4.65. The van der Waals surface area contributed by atoms with Crippen LogP contribution in [-0.4, -0.2) is 11.0 Å². The molecule has 3 atom stereocenters. The molecule has 1 heterocycles. The molecular formula is C14H24S. The summed E-state index contributed by atoms with van der Waals surface area (Å²) in [5.74, 6) is 3.53. The highest BCUT2D eigenvalue weighted by Gasteiger charge is 2.40. The Balaban J connectivity index is 1.89. The Morgan fingerprint density at radius 1 is 1.40 bits per heavy atom. The van der Waals surface area contributed by atoms with Crippen molar-refractivity contribution in [2.24, 2.45) is 11.8 Å². The van der Waals surface area contributed by atoms with Crippen molar-refractivity contribution in [2.45, 2.75) is 57.6 Å². The highest BCUT2D eigenvalue weighted by molar-refractivity contribution is 7.99. The van der Waals surface area contributed by atoms with Crippen molar-refractivity contribution in [1.82, 2.24) is 0 Å². The second kappa shape index (κ2) is 5.43. The summed E-state index contributed by atoms with van der Waals surface area (Å²) in [4.78, 5) is 0. The van der Waals surface area contributed by atoms with Crippen LogP contribution in [0.25, 0.3) is 0 Å². The van der Waals surface area contributed by atoms with E-state index in [9.17, 15) is 0 Å². The summed E-state index contributed by atoms with van der Waals surface area (Å²) in [6, 6.07) is 0. The molecule has 0 radical (unpaired) electrons. The molecule has 15 heavy (non-hydrogen) atoms. The first-order valence-electron chi connectivity index (χ1n) is 6.58. The Hall–Kier alpha value is 0.0900. The molecule has 2 aliphatic rings. The molecule has 0 amide bonds. The van der Waals surface area contributed by atoms with Gasteiger partial charge in [-0.2, -0.15) is 11.8 Å². The van der Waals surface area contributed by atoms with Gasteiger partial charge in [0, 0.05) is 5.25 Å². The highest BCUT2D eigenvalue weighted by Crippen LogP contribution is 2.49. The smallest absolute Gasteiger partial charge is 0.0113 e. The van der Waals surface area contributed by atoms with Gasteiger partial charge in [0.25, 0.3) is 0 Å². The van der Waals surface area contributed by atoms with Crippen LogP contribution in [0.15, 0.2) is 11.6 Å². The van der Waals surface area contributed by atoms with Crippen molar-refractivity contribution >= 4 is 11.8 Å². The van der Waals surface area contributed by atoms with E-state index in [1.165, 1.54) is 44.3 Å². The molecule has 0 N–H and O–H groups in total. The van der Waals surface area contributed by atoms with Crippen LogP contribution >= 0.6 is 11.8 Å². The van der Waals surface area contributed by atoms with E-state index in [1.54, 1.807) is 5.57 Å². The summed E-state index contributed by atoms with van der Waals surface area (Å²) in [5, 5.41) is 0.947. The molecule has 1 aliphatic carbocycles. The zero-order valence-electron chi connectivity index (χ0n) is 10.2. The summed E-state index contributed by atoms with van der Waals surface area (Å²) in [5.41, 5.74) is 1.64. The van der Waals surface area contributed by atoms with Crippen molar-refractivity contribution in [3.63, 3.8) is 0 Å². The quantitative estimate of drug-likeness (QED) is 0.615. The fourth-order valence-electron chi connectivity index (χ4n) is 2.72. The van der Waals surface area contributed by atoms with Gasteiger partial charge in [0.05, 0.1) is 0 Å². The third kappa shape index (κ3) is 3.27. The maximum Gasteiger partial charge on any atom is 0.0113 e. The van der Waals surface area contributed by atoms with E-state index in [1.807, 2.05) is 0 Å². The van der Waals surface area contributed by atoms with Crippen molar-refractivity contribution in [1.29, 1.82) is 0 Å². The number of thioether (sulfide) groups is 1. The first-order chi connectivity index (χ1) is 7.31. The lowest BCUT2D eigenvalue weighted by Gasteiger charge is -2.13. The summed E-state index contributed by atoms with van der Waals surface area (Å²) in [6.07, 6.45) is 11.0. The van der Waals surface area contributed by atoms with Crippen molar-refractivity contribution in [3.8, 4) is 0 Å². The Labute approximate surface area is 98.9 Å². The minimum absolute atomic E-state index is 0.947. The molecule has 86 valence electrons. The molecule has 1 aliphatic heterocycles. The fourth-order valence-corrected chi connectivity index (χ4v) is 4.21. The minimum Gasteiger partial charge on any atom is -0.158 e. The Morgan fingerprint density at radius 2 is 2.27 bits per heavy atom. The lowest BCUT2D eigenvalue weighted by Crippen LogP contribution is -2.06. The van der Waals surface area contributed by atoms with Gasteiger partial charge in [0.2, 0.25) is 0 Å². The van der Waals surface area contributed by atoms with E-state index in [-0.39, 0.29) is 0 Å². The summed E-state index contributed by atoms with van der Waals surface area (Å²) in [6.45, 7) is 4.67. The zero-order chi connectivity index (χ0) is 10.7. The number of rotatable bonds is 2. The highest BCUT2D eigenvalue weighted by atomic mass is 32.2. The average Bonchev–Trinajstić information content (AvgIpc) is 2.99. The van der Waals surface area contributed by atoms with Crippen LogP contribution in [0.2, 0.25) is 0 Å². The molecule has 0 aromatic carbocycles. The van der Waals surface area contributed by atoms with Gasteiger partial charge in [-0.05, 0) is 56.6 Å². The van der Waals surface area contributed by atoms with Crippen LogP contribution in [0.5, 0.6) is 0 Å². The van der Waals surface area contributed by atoms with Gasteiger partial charge < -0.3 is 0 Å². The van der Waals surface area contributed by atoms with E-state index in [0.29, 0.717) is 0 Å². The topological polar surface area (TPSA) is 0 Å². The third-order valence-corrected chi connectivity index (χ3v) is 5.47. The van der Waals surface area contributed by atoms with Gasteiger partial charge in [-0.15, -0.1) is 0 Å². The predicted molar refractivity (Wildman–Crippen MR) is 70.4 cm³/mol. The van der Waals surface area contributed by atoms with E-state index in [2.05, 4.69) is 31.7 Å². The van der Waals surface area contributed by atoms with Gasteiger partial charge in [0.1, 0.15) is 0 Å². The van der Waals surface area contributed by atoms with Crippen molar-refractivity contribution < 1.29 is 0 Å². The second-order valence-electron chi connectivity index (χ2n) is 5.22. The zero-order valence-corrected chi connectivity index (χ0v) is 11.0. The van der Waals surface area contributed by atoms with Gasteiger partial charge in [-0.1, -0.05) is 25.0 Å². The van der Waals surface area contributed by atoms with E-state index in [0.717, 1.165) is 17.1 Å². The largest absolute Gasteiger partial charge is 0.158 e.